The van der Waals surface area contributed by atoms with Gasteiger partial charge in [-0.05, 0) is 64.8 Å². The van der Waals surface area contributed by atoms with Crippen molar-refractivity contribution in [3.8, 4) is 11.8 Å². The van der Waals surface area contributed by atoms with Crippen LogP contribution >= 0.6 is 15.9 Å². The molecule has 0 saturated carbocycles. The predicted molar refractivity (Wildman–Crippen MR) is 95.1 cm³/mol. The van der Waals surface area contributed by atoms with Gasteiger partial charge in [-0.15, -0.1) is 0 Å². The van der Waals surface area contributed by atoms with Gasteiger partial charge < -0.3 is 14.8 Å². The van der Waals surface area contributed by atoms with Crippen LogP contribution in [0.25, 0.3) is 0 Å². The van der Waals surface area contributed by atoms with Crippen molar-refractivity contribution in [1.82, 2.24) is 0 Å². The van der Waals surface area contributed by atoms with Gasteiger partial charge in [0.05, 0.1) is 16.1 Å². The quantitative estimate of drug-likeness (QED) is 0.749. The summed E-state index contributed by atoms with van der Waals surface area (Å²) in [5.41, 5.74) is 2.06. The zero-order valence-electron chi connectivity index (χ0n) is 13.4. The number of benzene rings is 2. The lowest BCUT2D eigenvalue weighted by atomic mass is 10.2. The Labute approximate surface area is 153 Å². The van der Waals surface area contributed by atoms with Crippen LogP contribution in [0.4, 0.5) is 5.69 Å². The Bertz CT molecular complexity index is 813. The normalized spacial score (nSPS) is 9.80. The molecule has 0 fully saturated rings. The SMILES string of the molecule is Cc1ccc(OCC(=O)OCC(=O)Nc2ccc(C#N)cc2)c(Br)c1. The molecule has 0 aromatic heterocycles. The molecule has 2 aromatic carbocycles. The van der Waals surface area contributed by atoms with Crippen LogP contribution in [0.5, 0.6) is 5.75 Å². The molecule has 7 heteroatoms. The second-order valence-electron chi connectivity index (χ2n) is 5.12. The number of rotatable bonds is 6. The molecule has 0 saturated heterocycles. The second kappa shape index (κ2) is 8.85. The molecule has 6 nitrogen and oxygen atoms in total. The van der Waals surface area contributed by atoms with Crippen molar-refractivity contribution in [2.45, 2.75) is 6.92 Å². The standard InChI is InChI=1S/C18H15BrN2O4/c1-12-2-7-16(15(19)8-12)24-11-18(23)25-10-17(22)21-14-5-3-13(9-20)4-6-14/h2-8H,10-11H2,1H3,(H,21,22). The number of carbonyl (C=O) groups is 2. The van der Waals surface area contributed by atoms with Gasteiger partial charge in [-0.3, -0.25) is 4.79 Å². The van der Waals surface area contributed by atoms with Crippen molar-refractivity contribution >= 4 is 33.5 Å². The molecule has 128 valence electrons. The number of hydrogen-bond acceptors (Lipinski definition) is 5. The highest BCUT2D eigenvalue weighted by atomic mass is 79.9. The van der Waals surface area contributed by atoms with Gasteiger partial charge in [-0.1, -0.05) is 6.07 Å². The molecule has 0 radical (unpaired) electrons. The largest absolute Gasteiger partial charge is 0.481 e. The van der Waals surface area contributed by atoms with E-state index in [-0.39, 0.29) is 6.61 Å². The Morgan fingerprint density at radius 1 is 1.16 bits per heavy atom. The summed E-state index contributed by atoms with van der Waals surface area (Å²) < 4.78 is 10.9. The van der Waals surface area contributed by atoms with Crippen LogP contribution in [0.3, 0.4) is 0 Å². The summed E-state index contributed by atoms with van der Waals surface area (Å²) in [5, 5.41) is 11.3. The van der Waals surface area contributed by atoms with E-state index in [0.717, 1.165) is 10.0 Å². The molecule has 2 rings (SSSR count). The van der Waals surface area contributed by atoms with Crippen molar-refractivity contribution in [2.24, 2.45) is 0 Å². The second-order valence-corrected chi connectivity index (χ2v) is 5.97. The van der Waals surface area contributed by atoms with Gasteiger partial charge in [-0.2, -0.15) is 5.26 Å². The third-order valence-corrected chi connectivity index (χ3v) is 3.71. The van der Waals surface area contributed by atoms with E-state index >= 15 is 0 Å². The van der Waals surface area contributed by atoms with Gasteiger partial charge in [-0.25, -0.2) is 4.79 Å². The van der Waals surface area contributed by atoms with Crippen molar-refractivity contribution < 1.29 is 19.1 Å². The van der Waals surface area contributed by atoms with Crippen LogP contribution in [-0.4, -0.2) is 25.1 Å². The molecule has 0 aliphatic carbocycles. The number of carbonyl (C=O) groups excluding carboxylic acids is 2. The minimum atomic E-state index is -0.651. The molecule has 1 amide bonds. The van der Waals surface area contributed by atoms with Crippen molar-refractivity contribution in [1.29, 1.82) is 5.26 Å². The third kappa shape index (κ3) is 5.94. The van der Waals surface area contributed by atoms with Gasteiger partial charge in [0, 0.05) is 5.69 Å². The molecular formula is C18H15BrN2O4. The average Bonchev–Trinajstić information content (AvgIpc) is 2.60. The van der Waals surface area contributed by atoms with E-state index in [1.807, 2.05) is 25.1 Å². The van der Waals surface area contributed by atoms with E-state index in [2.05, 4.69) is 21.2 Å². The van der Waals surface area contributed by atoms with Gasteiger partial charge in [0.15, 0.2) is 13.2 Å². The van der Waals surface area contributed by atoms with Crippen LogP contribution in [0, 0.1) is 18.3 Å². The van der Waals surface area contributed by atoms with Crippen molar-refractivity contribution in [2.75, 3.05) is 18.5 Å². The van der Waals surface area contributed by atoms with E-state index in [9.17, 15) is 9.59 Å². The molecule has 0 atom stereocenters. The van der Waals surface area contributed by atoms with E-state index in [0.29, 0.717) is 17.0 Å². The Balaban J connectivity index is 1.75. The first-order valence-electron chi connectivity index (χ1n) is 7.32. The van der Waals surface area contributed by atoms with Crippen molar-refractivity contribution in [3.05, 3.63) is 58.1 Å². The van der Waals surface area contributed by atoms with Gasteiger partial charge >= 0.3 is 5.97 Å². The number of aryl methyl sites for hydroxylation is 1. The lowest BCUT2D eigenvalue weighted by molar-refractivity contribution is -0.149. The van der Waals surface area contributed by atoms with E-state index in [1.165, 1.54) is 0 Å². The maximum atomic E-state index is 11.7. The van der Waals surface area contributed by atoms with Crippen LogP contribution in [0.1, 0.15) is 11.1 Å². The van der Waals surface area contributed by atoms with E-state index in [4.69, 9.17) is 14.7 Å². The number of nitrogens with zero attached hydrogens (tertiary/aromatic N) is 1. The van der Waals surface area contributed by atoms with Gasteiger partial charge in [0.1, 0.15) is 5.75 Å². The fourth-order valence-corrected chi connectivity index (χ4v) is 2.48. The predicted octanol–water partition coefficient (Wildman–Crippen LogP) is 3.19. The summed E-state index contributed by atoms with van der Waals surface area (Å²) in [7, 11) is 0. The van der Waals surface area contributed by atoms with Gasteiger partial charge in [0.2, 0.25) is 0 Å². The highest BCUT2D eigenvalue weighted by Gasteiger charge is 2.10. The summed E-state index contributed by atoms with van der Waals surface area (Å²) in [4.78, 5) is 23.4. The number of anilines is 1. The smallest absolute Gasteiger partial charge is 0.344 e. The van der Waals surface area contributed by atoms with E-state index < -0.39 is 18.5 Å². The number of ether oxygens (including phenoxy) is 2. The molecule has 0 heterocycles. The number of hydrogen-bond donors (Lipinski definition) is 1. The van der Waals surface area contributed by atoms with Crippen LogP contribution in [-0.2, 0) is 14.3 Å². The third-order valence-electron chi connectivity index (χ3n) is 3.09. The lowest BCUT2D eigenvalue weighted by Gasteiger charge is -2.09. The number of amides is 1. The number of esters is 1. The average molecular weight is 403 g/mol. The molecule has 1 N–H and O–H groups in total. The minimum absolute atomic E-state index is 0.300. The topological polar surface area (TPSA) is 88.4 Å². The Kier molecular flexibility index (Phi) is 6.54. The van der Waals surface area contributed by atoms with Crippen molar-refractivity contribution in [3.63, 3.8) is 0 Å². The fourth-order valence-electron chi connectivity index (χ4n) is 1.87. The zero-order chi connectivity index (χ0) is 18.2. The highest BCUT2D eigenvalue weighted by Crippen LogP contribution is 2.25. The Morgan fingerprint density at radius 2 is 1.88 bits per heavy atom. The lowest BCUT2D eigenvalue weighted by Crippen LogP contribution is -2.23. The molecular weight excluding hydrogens is 388 g/mol. The highest BCUT2D eigenvalue weighted by molar-refractivity contribution is 9.10. The summed E-state index contributed by atoms with van der Waals surface area (Å²) >= 11 is 3.35. The van der Waals surface area contributed by atoms with Gasteiger partial charge in [0.25, 0.3) is 5.91 Å². The maximum absolute atomic E-state index is 11.7. The molecule has 0 aliphatic heterocycles. The molecule has 0 unspecified atom stereocenters. The molecule has 0 aliphatic rings. The fraction of sp³-hybridized carbons (Fsp3) is 0.167. The molecule has 0 spiro atoms. The summed E-state index contributed by atoms with van der Waals surface area (Å²) in [6.07, 6.45) is 0. The Morgan fingerprint density at radius 3 is 2.52 bits per heavy atom. The zero-order valence-corrected chi connectivity index (χ0v) is 15.0. The monoisotopic (exact) mass is 402 g/mol. The summed E-state index contributed by atoms with van der Waals surface area (Å²) in [5.74, 6) is -0.610. The van der Waals surface area contributed by atoms with Crippen LogP contribution < -0.4 is 10.1 Å². The maximum Gasteiger partial charge on any atom is 0.344 e. The molecule has 0 bridgehead atoms. The first kappa shape index (κ1) is 18.5. The number of nitriles is 1. The number of halogens is 1. The number of nitrogens with one attached hydrogen (secondary N) is 1. The Hall–Kier alpha value is -2.85. The van der Waals surface area contributed by atoms with E-state index in [1.54, 1.807) is 30.3 Å². The molecule has 25 heavy (non-hydrogen) atoms. The summed E-state index contributed by atoms with van der Waals surface area (Å²) in [6, 6.07) is 13.8. The first-order valence-corrected chi connectivity index (χ1v) is 8.12. The first-order chi connectivity index (χ1) is 12.0. The minimum Gasteiger partial charge on any atom is -0.481 e. The van der Waals surface area contributed by atoms with Crippen LogP contribution in [0.2, 0.25) is 0 Å². The molecule has 2 aromatic rings. The van der Waals surface area contributed by atoms with Crippen LogP contribution in [0.15, 0.2) is 46.9 Å². The summed E-state index contributed by atoms with van der Waals surface area (Å²) in [6.45, 7) is 1.22.